The minimum absolute atomic E-state index is 0.0482. The van der Waals surface area contributed by atoms with Gasteiger partial charge < -0.3 is 10.4 Å². The Morgan fingerprint density at radius 2 is 1.86 bits per heavy atom. The third kappa shape index (κ3) is 4.83. The number of rotatable bonds is 5. The van der Waals surface area contributed by atoms with E-state index < -0.39 is 18.8 Å². The Labute approximate surface area is 124 Å². The third-order valence-electron chi connectivity index (χ3n) is 5.19. The molecule has 0 aromatic rings. The van der Waals surface area contributed by atoms with E-state index in [4.69, 9.17) is 0 Å². The van der Waals surface area contributed by atoms with Crippen LogP contribution in [0.4, 0.5) is 13.2 Å². The van der Waals surface area contributed by atoms with Crippen LogP contribution in [0, 0.1) is 11.8 Å². The Balaban J connectivity index is 1.94. The molecule has 2 N–H and O–H groups in total. The summed E-state index contributed by atoms with van der Waals surface area (Å²) in [6, 6.07) is 0.206. The fourth-order valence-corrected chi connectivity index (χ4v) is 3.48. The second-order valence-electron chi connectivity index (χ2n) is 6.81. The van der Waals surface area contributed by atoms with Gasteiger partial charge in [0.1, 0.15) is 0 Å². The first-order valence-corrected chi connectivity index (χ1v) is 7.98. The van der Waals surface area contributed by atoms with Crippen LogP contribution in [0.2, 0.25) is 0 Å². The highest BCUT2D eigenvalue weighted by atomic mass is 19.4. The van der Waals surface area contributed by atoms with Crippen molar-refractivity contribution < 1.29 is 18.3 Å². The molecule has 0 radical (unpaired) electrons. The van der Waals surface area contributed by atoms with E-state index in [1.165, 1.54) is 19.3 Å². The summed E-state index contributed by atoms with van der Waals surface area (Å²) >= 11 is 0. The molecule has 4 unspecified atom stereocenters. The van der Waals surface area contributed by atoms with Crippen molar-refractivity contribution >= 4 is 0 Å². The molecule has 3 nitrogen and oxygen atoms in total. The highest BCUT2D eigenvalue weighted by Gasteiger charge is 2.37. The zero-order valence-corrected chi connectivity index (χ0v) is 12.9. The molecule has 2 aliphatic rings. The quantitative estimate of drug-likeness (QED) is 0.819. The number of piperidine rings is 1. The summed E-state index contributed by atoms with van der Waals surface area (Å²) in [5.74, 6) is 0.716. The molecule has 1 aliphatic carbocycles. The Kier molecular flexibility index (Phi) is 5.54. The van der Waals surface area contributed by atoms with Gasteiger partial charge in [0.2, 0.25) is 0 Å². The first-order chi connectivity index (χ1) is 9.76. The summed E-state index contributed by atoms with van der Waals surface area (Å²) in [6.45, 7) is 4.41. The average molecular weight is 308 g/mol. The number of alkyl halides is 3. The minimum Gasteiger partial charge on any atom is -0.393 e. The van der Waals surface area contributed by atoms with Gasteiger partial charge in [0.05, 0.1) is 12.6 Å². The van der Waals surface area contributed by atoms with Gasteiger partial charge in [-0.3, -0.25) is 4.90 Å². The van der Waals surface area contributed by atoms with Gasteiger partial charge in [0.25, 0.3) is 0 Å². The van der Waals surface area contributed by atoms with Crippen molar-refractivity contribution in [2.75, 3.05) is 19.6 Å². The number of aliphatic hydroxyl groups is 1. The molecule has 6 heteroatoms. The molecule has 1 saturated carbocycles. The summed E-state index contributed by atoms with van der Waals surface area (Å²) in [5.41, 5.74) is 0. The maximum atomic E-state index is 12.4. The molecule has 2 fully saturated rings. The topological polar surface area (TPSA) is 35.5 Å². The Bertz CT molecular complexity index is 331. The van der Waals surface area contributed by atoms with Gasteiger partial charge in [0.15, 0.2) is 0 Å². The van der Waals surface area contributed by atoms with Gasteiger partial charge >= 0.3 is 6.18 Å². The molecule has 4 atom stereocenters. The van der Waals surface area contributed by atoms with E-state index in [1.807, 2.05) is 0 Å². The molecule has 0 aromatic heterocycles. The lowest BCUT2D eigenvalue weighted by Gasteiger charge is -2.46. The average Bonchev–Trinajstić information content (AvgIpc) is 2.33. The Morgan fingerprint density at radius 1 is 1.19 bits per heavy atom. The summed E-state index contributed by atoms with van der Waals surface area (Å²) in [6.07, 6.45) is -0.339. The molecule has 1 aliphatic heterocycles. The minimum atomic E-state index is -4.18. The van der Waals surface area contributed by atoms with E-state index in [0.717, 1.165) is 6.54 Å². The van der Waals surface area contributed by atoms with E-state index in [9.17, 15) is 18.3 Å². The second kappa shape index (κ2) is 6.84. The van der Waals surface area contributed by atoms with Crippen LogP contribution in [-0.4, -0.2) is 54.0 Å². The zero-order chi connectivity index (χ0) is 15.6. The van der Waals surface area contributed by atoms with Gasteiger partial charge in [-0.15, -0.1) is 0 Å². The van der Waals surface area contributed by atoms with Crippen LogP contribution < -0.4 is 5.32 Å². The Hall–Kier alpha value is -0.330. The van der Waals surface area contributed by atoms with Crippen molar-refractivity contribution in [1.82, 2.24) is 10.2 Å². The van der Waals surface area contributed by atoms with Crippen molar-refractivity contribution in [3.05, 3.63) is 0 Å². The van der Waals surface area contributed by atoms with Crippen LogP contribution in [0.25, 0.3) is 0 Å². The lowest BCUT2D eigenvalue weighted by Crippen LogP contribution is -2.56. The predicted octanol–water partition coefficient (Wildman–Crippen LogP) is 2.40. The SMILES string of the molecule is CC(O)C1CC(NCC(F)(F)F)CN(C(C)C2CCC2)C1. The first kappa shape index (κ1) is 17.0. The largest absolute Gasteiger partial charge is 0.401 e. The van der Waals surface area contributed by atoms with Crippen molar-refractivity contribution in [2.24, 2.45) is 11.8 Å². The number of halogens is 3. The lowest BCUT2D eigenvalue weighted by atomic mass is 9.78. The molecule has 1 saturated heterocycles. The van der Waals surface area contributed by atoms with Gasteiger partial charge in [-0.05, 0) is 44.9 Å². The number of nitrogens with zero attached hydrogens (tertiary/aromatic N) is 1. The Morgan fingerprint density at radius 3 is 2.33 bits per heavy atom. The van der Waals surface area contributed by atoms with Crippen molar-refractivity contribution in [2.45, 2.75) is 63.9 Å². The van der Waals surface area contributed by atoms with Crippen molar-refractivity contribution in [1.29, 1.82) is 0 Å². The van der Waals surface area contributed by atoms with Crippen LogP contribution in [0.3, 0.4) is 0 Å². The highest BCUT2D eigenvalue weighted by Crippen LogP contribution is 2.34. The molecular weight excluding hydrogens is 281 g/mol. The molecule has 0 spiro atoms. The summed E-state index contributed by atoms with van der Waals surface area (Å²) in [4.78, 5) is 2.28. The van der Waals surface area contributed by atoms with E-state index >= 15 is 0 Å². The number of hydrogen-bond acceptors (Lipinski definition) is 3. The van der Waals surface area contributed by atoms with E-state index in [2.05, 4.69) is 17.1 Å². The number of hydrogen-bond donors (Lipinski definition) is 2. The van der Waals surface area contributed by atoms with Crippen LogP contribution in [0.5, 0.6) is 0 Å². The summed E-state index contributed by atoms with van der Waals surface area (Å²) < 4.78 is 37.2. The second-order valence-corrected chi connectivity index (χ2v) is 6.81. The maximum Gasteiger partial charge on any atom is 0.401 e. The van der Waals surface area contributed by atoms with Gasteiger partial charge in [-0.1, -0.05) is 6.42 Å². The smallest absolute Gasteiger partial charge is 0.393 e. The third-order valence-corrected chi connectivity index (χ3v) is 5.19. The fourth-order valence-electron chi connectivity index (χ4n) is 3.48. The molecule has 21 heavy (non-hydrogen) atoms. The van der Waals surface area contributed by atoms with Gasteiger partial charge in [-0.25, -0.2) is 0 Å². The normalized spacial score (nSPS) is 31.7. The van der Waals surface area contributed by atoms with Gasteiger partial charge in [0, 0.05) is 25.2 Å². The standard InChI is InChI=1S/C15H27F3N2O/c1-10(12-4-3-5-12)20-7-13(11(2)21)6-14(8-20)19-9-15(16,17)18/h10-14,19,21H,3-9H2,1-2H3. The zero-order valence-electron chi connectivity index (χ0n) is 12.9. The van der Waals surface area contributed by atoms with Gasteiger partial charge in [-0.2, -0.15) is 13.2 Å². The molecule has 124 valence electrons. The fraction of sp³-hybridized carbons (Fsp3) is 1.00. The first-order valence-electron chi connectivity index (χ1n) is 7.98. The van der Waals surface area contributed by atoms with Crippen molar-refractivity contribution in [3.8, 4) is 0 Å². The number of nitrogens with one attached hydrogen (secondary N) is 1. The summed E-state index contributed by atoms with van der Waals surface area (Å²) in [7, 11) is 0. The summed E-state index contributed by atoms with van der Waals surface area (Å²) in [5, 5.41) is 12.5. The molecule has 0 amide bonds. The maximum absolute atomic E-state index is 12.4. The number of likely N-dealkylation sites (tertiary alicyclic amines) is 1. The predicted molar refractivity (Wildman–Crippen MR) is 76.0 cm³/mol. The van der Waals surface area contributed by atoms with Crippen LogP contribution in [0.1, 0.15) is 39.5 Å². The van der Waals surface area contributed by atoms with Crippen molar-refractivity contribution in [3.63, 3.8) is 0 Å². The van der Waals surface area contributed by atoms with Crippen LogP contribution >= 0.6 is 0 Å². The molecular formula is C15H27F3N2O. The van der Waals surface area contributed by atoms with E-state index in [0.29, 0.717) is 24.9 Å². The van der Waals surface area contributed by atoms with E-state index in [-0.39, 0.29) is 12.0 Å². The number of aliphatic hydroxyl groups excluding tert-OH is 1. The monoisotopic (exact) mass is 308 g/mol. The lowest BCUT2D eigenvalue weighted by molar-refractivity contribution is -0.128. The van der Waals surface area contributed by atoms with Crippen LogP contribution in [0.15, 0.2) is 0 Å². The molecule has 0 bridgehead atoms. The van der Waals surface area contributed by atoms with E-state index in [1.54, 1.807) is 6.92 Å². The highest BCUT2D eigenvalue weighted by molar-refractivity contribution is 4.91. The molecule has 1 heterocycles. The molecule has 2 rings (SSSR count). The van der Waals surface area contributed by atoms with Crippen LogP contribution in [-0.2, 0) is 0 Å². The molecule has 0 aromatic carbocycles.